The van der Waals surface area contributed by atoms with Crippen LogP contribution in [0.4, 0.5) is 5.69 Å². The molecular formula is C44H59IN4O11. The van der Waals surface area contributed by atoms with Crippen LogP contribution in [0.5, 0.6) is 17.2 Å². The summed E-state index contributed by atoms with van der Waals surface area (Å²) in [5, 5.41) is 62.3. The Kier molecular flexibility index (Phi) is 13.9. The standard InChI is InChI=1S/C44H59IN4O11/c1-20-11-10-12-21(2)43(56)48-35-34-33(47-19-28-14-13-27(49(28)45)15-17-46-34)30-31(39(35)54)38(53)25(6)41-32(30)42(55)44(8,60-41)58-18-16-29(57-9)22(3)40(59-26(7)50)24(5)37(52)23(4)36(20)51/h10-12,16,18,20,22-24,27-29,36-37,40,43,47,51-54,56H,13-15,17,19H2,1-9H3/b11-10+,18-16+,21-12-,46-34?,48-35?/t20-,22+,23+,24+,27+,28+,29-,36-,37+,40+,43?,44-/m0/s1. The highest BCUT2D eigenvalue weighted by Crippen LogP contribution is 2.50. The third-order valence-electron chi connectivity index (χ3n) is 12.8. The lowest BCUT2D eigenvalue weighted by Gasteiger charge is -2.38. The minimum Gasteiger partial charge on any atom is -0.507 e. The fraction of sp³-hybridized carbons (Fsp3) is 0.591. The number of allylic oxidation sites excluding steroid dienone is 2. The Labute approximate surface area is 364 Å². The summed E-state index contributed by atoms with van der Waals surface area (Å²) in [6.07, 6.45) is 5.34. The number of benzene rings is 2. The zero-order valence-corrected chi connectivity index (χ0v) is 37.8. The van der Waals surface area contributed by atoms with Gasteiger partial charge in [-0.05, 0) is 44.8 Å². The molecule has 6 rings (SSSR count). The number of aliphatic hydroxyl groups excluding tert-OH is 3. The molecule has 328 valence electrons. The van der Waals surface area contributed by atoms with Crippen molar-refractivity contribution in [2.45, 2.75) is 123 Å². The number of esters is 1. The van der Waals surface area contributed by atoms with Crippen LogP contribution >= 0.6 is 22.9 Å². The Morgan fingerprint density at radius 1 is 0.967 bits per heavy atom. The molecular weight excluding hydrogens is 887 g/mol. The van der Waals surface area contributed by atoms with Gasteiger partial charge in [0.1, 0.15) is 28.3 Å². The zero-order chi connectivity index (χ0) is 44.0. The summed E-state index contributed by atoms with van der Waals surface area (Å²) in [5.41, 5.74) is 0.991. The quantitative estimate of drug-likeness (QED) is 0.105. The number of phenolic OH excluding ortho intramolecular Hbond substituents is 2. The molecule has 0 spiro atoms. The van der Waals surface area contributed by atoms with Crippen LogP contribution in [0, 0.1) is 30.6 Å². The number of aromatic hydroxyl groups is 2. The van der Waals surface area contributed by atoms with Gasteiger partial charge < -0.3 is 49.8 Å². The lowest BCUT2D eigenvalue weighted by molar-refractivity contribution is -0.160. The van der Waals surface area contributed by atoms with E-state index < -0.39 is 77.6 Å². The van der Waals surface area contributed by atoms with Gasteiger partial charge in [0.05, 0.1) is 41.2 Å². The average Bonchev–Trinajstić information content (AvgIpc) is 3.68. The third kappa shape index (κ3) is 8.51. The number of nitrogens with zero attached hydrogens (tertiary/aromatic N) is 3. The van der Waals surface area contributed by atoms with Crippen LogP contribution in [0.3, 0.4) is 0 Å². The van der Waals surface area contributed by atoms with E-state index >= 15 is 0 Å². The number of hydrogen-bond donors (Lipinski definition) is 6. The summed E-state index contributed by atoms with van der Waals surface area (Å²) in [6.45, 7) is 13.9. The number of hydrogen-bond acceptors (Lipinski definition) is 15. The molecule has 0 aromatic heterocycles. The van der Waals surface area contributed by atoms with Crippen LogP contribution in [0.15, 0.2) is 46.1 Å². The van der Waals surface area contributed by atoms with Gasteiger partial charge in [-0.15, -0.1) is 0 Å². The highest BCUT2D eigenvalue weighted by molar-refractivity contribution is 14.1. The zero-order valence-electron chi connectivity index (χ0n) is 35.7. The van der Waals surface area contributed by atoms with Gasteiger partial charge >= 0.3 is 11.8 Å². The summed E-state index contributed by atoms with van der Waals surface area (Å²) >= 11 is 2.36. The Morgan fingerprint density at radius 3 is 2.35 bits per heavy atom. The molecule has 1 unspecified atom stereocenters. The van der Waals surface area contributed by atoms with E-state index in [2.05, 4.69) is 36.3 Å². The molecule has 15 nitrogen and oxygen atoms in total. The number of ketones is 1. The van der Waals surface area contributed by atoms with Gasteiger partial charge in [0.2, 0.25) is 0 Å². The molecule has 12 atom stereocenters. The number of nitrogens with one attached hydrogen (secondary N) is 1. The molecule has 6 bridgehead atoms. The maximum Gasteiger partial charge on any atom is 0.312 e. The summed E-state index contributed by atoms with van der Waals surface area (Å²) in [6, 6.07) is 0.424. The van der Waals surface area contributed by atoms with E-state index in [-0.39, 0.29) is 56.2 Å². The smallest absolute Gasteiger partial charge is 0.312 e. The lowest BCUT2D eigenvalue weighted by Crippen LogP contribution is -2.46. The molecule has 4 heterocycles. The Balaban J connectivity index is 1.59. The van der Waals surface area contributed by atoms with Crippen LogP contribution in [-0.4, -0.2) is 109 Å². The van der Waals surface area contributed by atoms with E-state index in [9.17, 15) is 35.1 Å². The van der Waals surface area contributed by atoms with Crippen molar-refractivity contribution in [2.24, 2.45) is 33.7 Å². The molecule has 4 aliphatic rings. The van der Waals surface area contributed by atoms with Crippen molar-refractivity contribution in [3.8, 4) is 17.2 Å². The molecule has 0 radical (unpaired) electrons. The minimum absolute atomic E-state index is 0.0570. The molecule has 0 saturated carbocycles. The topological polar surface area (TPSA) is 212 Å². The lowest BCUT2D eigenvalue weighted by atomic mass is 9.78. The second-order valence-corrected chi connectivity index (χ2v) is 18.1. The van der Waals surface area contributed by atoms with Gasteiger partial charge in [0.25, 0.3) is 5.78 Å². The predicted octanol–water partition coefficient (Wildman–Crippen LogP) is 4.67. The van der Waals surface area contributed by atoms with Crippen molar-refractivity contribution < 1.29 is 54.1 Å². The van der Waals surface area contributed by atoms with Crippen LogP contribution < -0.4 is 20.8 Å². The largest absolute Gasteiger partial charge is 0.507 e. The van der Waals surface area contributed by atoms with Crippen LogP contribution in [-0.2, 0) is 19.0 Å². The van der Waals surface area contributed by atoms with Gasteiger partial charge in [-0.2, -0.15) is 0 Å². The van der Waals surface area contributed by atoms with Gasteiger partial charge in [0.15, 0.2) is 12.0 Å². The maximum atomic E-state index is 14.8. The van der Waals surface area contributed by atoms with Crippen molar-refractivity contribution in [1.82, 2.24) is 3.11 Å². The monoisotopic (exact) mass is 946 g/mol. The summed E-state index contributed by atoms with van der Waals surface area (Å²) < 4.78 is 26.3. The summed E-state index contributed by atoms with van der Waals surface area (Å²) in [4.78, 5) is 36.7. The maximum absolute atomic E-state index is 14.8. The molecule has 0 aliphatic carbocycles. The number of carbonyl (C=O) groups excluding carboxylic acids is 2. The van der Waals surface area contributed by atoms with Crippen molar-refractivity contribution in [3.63, 3.8) is 0 Å². The Bertz CT molecular complexity index is 2210. The van der Waals surface area contributed by atoms with E-state index in [1.807, 2.05) is 0 Å². The molecule has 1 saturated heterocycles. The molecule has 60 heavy (non-hydrogen) atoms. The predicted molar refractivity (Wildman–Crippen MR) is 232 cm³/mol. The first-order valence-electron chi connectivity index (χ1n) is 20.6. The van der Waals surface area contributed by atoms with Crippen LogP contribution in [0.2, 0.25) is 0 Å². The van der Waals surface area contributed by atoms with Gasteiger partial charge in [-0.1, -0.05) is 45.9 Å². The molecule has 2 aromatic carbocycles. The van der Waals surface area contributed by atoms with E-state index in [1.165, 1.54) is 27.2 Å². The number of rotatable bonds is 2. The first-order chi connectivity index (χ1) is 28.3. The molecule has 2 aromatic rings. The normalized spacial score (nSPS) is 36.1. The number of anilines is 1. The molecule has 6 N–H and O–H groups in total. The fourth-order valence-corrected chi connectivity index (χ4v) is 10.0. The number of ether oxygens (including phenoxy) is 4. The number of methoxy groups -OCH3 is 1. The third-order valence-corrected chi connectivity index (χ3v) is 14.4. The van der Waals surface area contributed by atoms with Crippen molar-refractivity contribution in [2.75, 3.05) is 25.5 Å². The fourth-order valence-electron chi connectivity index (χ4n) is 9.01. The number of Topliss-reactive ketones (excluding diaryl/α,β-unsaturated/α-hetero) is 1. The number of fused-ring (bicyclic) bond motifs is 3. The number of phenols is 2. The second kappa shape index (κ2) is 18.3. The van der Waals surface area contributed by atoms with Gasteiger partial charge in [0, 0.05) is 104 Å². The van der Waals surface area contributed by atoms with E-state index in [0.717, 1.165) is 19.3 Å². The molecule has 16 heteroatoms. The summed E-state index contributed by atoms with van der Waals surface area (Å²) in [5.74, 6) is -6.15. The Morgan fingerprint density at radius 2 is 1.67 bits per heavy atom. The average molecular weight is 947 g/mol. The first kappa shape index (κ1) is 45.7. The molecule has 4 aliphatic heterocycles. The van der Waals surface area contributed by atoms with Crippen LogP contribution in [0.1, 0.15) is 83.7 Å². The first-order valence-corrected chi connectivity index (χ1v) is 21.6. The van der Waals surface area contributed by atoms with Crippen molar-refractivity contribution in [1.29, 1.82) is 0 Å². The van der Waals surface area contributed by atoms with E-state index in [4.69, 9.17) is 23.9 Å². The molecule has 1 fully saturated rings. The highest BCUT2D eigenvalue weighted by atomic mass is 127. The number of halogens is 1. The second-order valence-electron chi connectivity index (χ2n) is 16.9. The van der Waals surface area contributed by atoms with Crippen molar-refractivity contribution in [3.05, 3.63) is 58.0 Å². The SMILES string of the molecule is CO[C@H]1/C=C/O[C@@]2(C)Oc3c(C)c(O)c4c(O)c(c5c(c4c3C2=O)NC[C@H]2CC[C@H](CCN=5)N2I)=NC(O)/C(C)=C\C=C\[C@H](C)[C@H](O)[C@@H](C)[C@@H](O)[C@@H](C)[C@H](OC(C)=O)[C@@H]1C. The van der Waals surface area contributed by atoms with Gasteiger partial charge in [-0.3, -0.25) is 14.6 Å². The minimum atomic E-state index is -1.94. The molecule has 0 amide bonds. The Hall–Kier alpha value is -3.81. The van der Waals surface area contributed by atoms with E-state index in [1.54, 1.807) is 65.8 Å². The number of aliphatic hydroxyl groups is 3. The van der Waals surface area contributed by atoms with Gasteiger partial charge in [-0.25, -0.2) is 8.11 Å². The van der Waals surface area contributed by atoms with Crippen molar-refractivity contribution >= 4 is 51.1 Å². The van der Waals surface area contributed by atoms with Crippen LogP contribution in [0.25, 0.3) is 10.8 Å². The number of carbonyl (C=O) groups is 2. The van der Waals surface area contributed by atoms with E-state index in [0.29, 0.717) is 24.4 Å². The summed E-state index contributed by atoms with van der Waals surface area (Å²) in [7, 11) is 1.47. The highest BCUT2D eigenvalue weighted by Gasteiger charge is 2.50.